The number of halogens is 2. The molecule has 0 bridgehead atoms. The fourth-order valence-corrected chi connectivity index (χ4v) is 1.52. The van der Waals surface area contributed by atoms with Gasteiger partial charge in [0.1, 0.15) is 10.8 Å². The van der Waals surface area contributed by atoms with Crippen LogP contribution in [0.15, 0.2) is 22.7 Å². The van der Waals surface area contributed by atoms with Crippen LogP contribution in [-0.4, -0.2) is 10.1 Å². The van der Waals surface area contributed by atoms with Crippen LogP contribution in [0.25, 0.3) is 0 Å². The van der Waals surface area contributed by atoms with Crippen molar-refractivity contribution in [1.29, 1.82) is 0 Å². The number of nitrogens with zero attached hydrogens (tertiary/aromatic N) is 2. The highest BCUT2D eigenvalue weighted by molar-refractivity contribution is 6.42. The van der Waals surface area contributed by atoms with E-state index in [0.717, 1.165) is 0 Å². The Balaban J connectivity index is 2.04. The monoisotopic (exact) mass is 273 g/mol. The van der Waals surface area contributed by atoms with E-state index in [2.05, 4.69) is 10.1 Å². The summed E-state index contributed by atoms with van der Waals surface area (Å²) in [6.07, 6.45) is 0. The maximum Gasteiger partial charge on any atom is 0.240 e. The van der Waals surface area contributed by atoms with Gasteiger partial charge >= 0.3 is 0 Å². The van der Waals surface area contributed by atoms with Crippen molar-refractivity contribution in [1.82, 2.24) is 10.1 Å². The molecule has 1 heterocycles. The fourth-order valence-electron chi connectivity index (χ4n) is 1.17. The van der Waals surface area contributed by atoms with Gasteiger partial charge in [-0.2, -0.15) is 4.98 Å². The zero-order valence-corrected chi connectivity index (χ0v) is 10.2. The van der Waals surface area contributed by atoms with Crippen molar-refractivity contribution in [3.63, 3.8) is 0 Å². The number of hydrogen-bond donors (Lipinski definition) is 1. The lowest BCUT2D eigenvalue weighted by Crippen LogP contribution is -2.00. The molecule has 17 heavy (non-hydrogen) atoms. The first-order chi connectivity index (χ1) is 8.20. The Morgan fingerprint density at radius 3 is 2.88 bits per heavy atom. The molecular weight excluding hydrogens is 265 g/mol. The topological polar surface area (TPSA) is 74.2 Å². The second kappa shape index (κ2) is 5.35. The van der Waals surface area contributed by atoms with Crippen molar-refractivity contribution in [2.75, 3.05) is 0 Å². The average Bonchev–Trinajstić information content (AvgIpc) is 2.79. The van der Waals surface area contributed by atoms with Crippen LogP contribution >= 0.6 is 23.2 Å². The van der Waals surface area contributed by atoms with Gasteiger partial charge in [0.2, 0.25) is 11.7 Å². The number of ether oxygens (including phenoxy) is 1. The summed E-state index contributed by atoms with van der Waals surface area (Å²) < 4.78 is 10.3. The van der Waals surface area contributed by atoms with Crippen LogP contribution in [0.1, 0.15) is 11.7 Å². The van der Waals surface area contributed by atoms with Gasteiger partial charge in [-0.3, -0.25) is 0 Å². The third-order valence-corrected chi connectivity index (χ3v) is 2.76. The summed E-state index contributed by atoms with van der Waals surface area (Å²) in [6, 6.07) is 5.13. The van der Waals surface area contributed by atoms with E-state index in [4.69, 9.17) is 38.2 Å². The second-order valence-electron chi connectivity index (χ2n) is 3.15. The minimum Gasteiger partial charge on any atom is -0.484 e. The molecule has 90 valence electrons. The van der Waals surface area contributed by atoms with Crippen LogP contribution in [0, 0.1) is 0 Å². The molecule has 0 aliphatic rings. The molecule has 1 aromatic carbocycles. The van der Waals surface area contributed by atoms with Gasteiger partial charge in [-0.1, -0.05) is 34.4 Å². The smallest absolute Gasteiger partial charge is 0.240 e. The highest BCUT2D eigenvalue weighted by Gasteiger charge is 2.08. The number of rotatable bonds is 4. The van der Waals surface area contributed by atoms with Gasteiger partial charge in [-0.25, -0.2) is 0 Å². The van der Waals surface area contributed by atoms with Crippen molar-refractivity contribution in [3.8, 4) is 5.75 Å². The molecule has 0 atom stereocenters. The predicted molar refractivity (Wildman–Crippen MR) is 63.0 cm³/mol. The van der Waals surface area contributed by atoms with Gasteiger partial charge in [-0.15, -0.1) is 0 Å². The zero-order valence-electron chi connectivity index (χ0n) is 8.69. The van der Waals surface area contributed by atoms with Crippen LogP contribution in [0.2, 0.25) is 10.0 Å². The second-order valence-corrected chi connectivity index (χ2v) is 3.93. The molecule has 0 amide bonds. The van der Waals surface area contributed by atoms with Crippen LogP contribution in [-0.2, 0) is 13.2 Å². The van der Waals surface area contributed by atoms with Gasteiger partial charge in [0, 0.05) is 0 Å². The summed E-state index contributed by atoms with van der Waals surface area (Å²) >= 11 is 11.8. The average molecular weight is 274 g/mol. The van der Waals surface area contributed by atoms with Crippen molar-refractivity contribution in [2.24, 2.45) is 5.73 Å². The quantitative estimate of drug-likeness (QED) is 0.926. The molecule has 2 aromatic rings. The van der Waals surface area contributed by atoms with E-state index >= 15 is 0 Å². The third-order valence-electron chi connectivity index (χ3n) is 1.96. The molecule has 5 nitrogen and oxygen atoms in total. The summed E-state index contributed by atoms with van der Waals surface area (Å²) in [7, 11) is 0. The highest BCUT2D eigenvalue weighted by Crippen LogP contribution is 2.31. The van der Waals surface area contributed by atoms with Crippen LogP contribution in [0.4, 0.5) is 0 Å². The van der Waals surface area contributed by atoms with Crippen LogP contribution < -0.4 is 10.5 Å². The van der Waals surface area contributed by atoms with E-state index in [1.807, 2.05) is 0 Å². The number of benzene rings is 1. The van der Waals surface area contributed by atoms with E-state index in [-0.39, 0.29) is 13.2 Å². The van der Waals surface area contributed by atoms with Crippen molar-refractivity contribution in [3.05, 3.63) is 40.0 Å². The molecule has 2 N–H and O–H groups in total. The van der Waals surface area contributed by atoms with Crippen molar-refractivity contribution >= 4 is 23.2 Å². The van der Waals surface area contributed by atoms with Gasteiger partial charge in [-0.05, 0) is 12.1 Å². The Kier molecular flexibility index (Phi) is 3.83. The van der Waals surface area contributed by atoms with E-state index < -0.39 is 0 Å². The standard InChI is InChI=1S/C10H9Cl2N3O2/c11-6-2-1-3-7(10(6)12)16-5-8-14-9(4-13)17-15-8/h1-3H,4-5,13H2. The fraction of sp³-hybridized carbons (Fsp3) is 0.200. The van der Waals surface area contributed by atoms with E-state index in [1.165, 1.54) is 0 Å². The molecule has 0 aliphatic heterocycles. The summed E-state index contributed by atoms with van der Waals surface area (Å²) in [4.78, 5) is 3.99. The van der Waals surface area contributed by atoms with Crippen molar-refractivity contribution in [2.45, 2.75) is 13.2 Å². The summed E-state index contributed by atoms with van der Waals surface area (Å²) in [5.74, 6) is 1.24. The Labute approximate surface area is 107 Å². The summed E-state index contributed by atoms with van der Waals surface area (Å²) in [5, 5.41) is 4.48. The normalized spacial score (nSPS) is 10.5. The lowest BCUT2D eigenvalue weighted by atomic mass is 10.3. The lowest BCUT2D eigenvalue weighted by molar-refractivity contribution is 0.285. The van der Waals surface area contributed by atoms with Crippen molar-refractivity contribution < 1.29 is 9.26 Å². The van der Waals surface area contributed by atoms with Gasteiger partial charge in [0.15, 0.2) is 6.61 Å². The van der Waals surface area contributed by atoms with E-state index in [9.17, 15) is 0 Å². The predicted octanol–water partition coefficient (Wildman–Crippen LogP) is 2.41. The van der Waals surface area contributed by atoms with Gasteiger partial charge in [0.05, 0.1) is 11.6 Å². The molecule has 0 saturated heterocycles. The third kappa shape index (κ3) is 2.88. The number of aromatic nitrogens is 2. The van der Waals surface area contributed by atoms with E-state index in [0.29, 0.717) is 27.5 Å². The van der Waals surface area contributed by atoms with E-state index in [1.54, 1.807) is 18.2 Å². The highest BCUT2D eigenvalue weighted by atomic mass is 35.5. The number of nitrogens with two attached hydrogens (primary N) is 1. The Morgan fingerprint density at radius 2 is 2.18 bits per heavy atom. The molecular formula is C10H9Cl2N3O2. The Bertz CT molecular complexity index is 516. The molecule has 0 unspecified atom stereocenters. The molecule has 0 spiro atoms. The first kappa shape index (κ1) is 12.2. The molecule has 0 radical (unpaired) electrons. The first-order valence-corrected chi connectivity index (χ1v) is 5.54. The molecule has 2 rings (SSSR count). The minimum atomic E-state index is 0.142. The number of hydrogen-bond acceptors (Lipinski definition) is 5. The SMILES string of the molecule is NCc1nc(COc2cccc(Cl)c2Cl)no1. The molecule has 0 saturated carbocycles. The van der Waals surface area contributed by atoms with Crippen LogP contribution in [0.3, 0.4) is 0 Å². The minimum absolute atomic E-state index is 0.142. The molecule has 0 fully saturated rings. The molecule has 7 heteroatoms. The van der Waals surface area contributed by atoms with Gasteiger partial charge < -0.3 is 15.0 Å². The van der Waals surface area contributed by atoms with Gasteiger partial charge in [0.25, 0.3) is 0 Å². The zero-order chi connectivity index (χ0) is 12.3. The Morgan fingerprint density at radius 1 is 1.35 bits per heavy atom. The summed E-state index contributed by atoms with van der Waals surface area (Å²) in [6.45, 7) is 0.342. The molecule has 1 aromatic heterocycles. The molecule has 0 aliphatic carbocycles. The lowest BCUT2D eigenvalue weighted by Gasteiger charge is -2.06. The first-order valence-electron chi connectivity index (χ1n) is 4.79. The Hall–Kier alpha value is -1.30. The van der Waals surface area contributed by atoms with Crippen LogP contribution in [0.5, 0.6) is 5.75 Å². The maximum atomic E-state index is 5.95. The largest absolute Gasteiger partial charge is 0.484 e. The maximum absolute atomic E-state index is 5.95. The summed E-state index contributed by atoms with van der Waals surface area (Å²) in [5.41, 5.74) is 5.34.